The van der Waals surface area contributed by atoms with Crippen LogP contribution in [0.15, 0.2) is 30.3 Å². The van der Waals surface area contributed by atoms with Crippen LogP contribution in [0.5, 0.6) is 0 Å². The summed E-state index contributed by atoms with van der Waals surface area (Å²) in [6, 6.07) is 10.1. The van der Waals surface area contributed by atoms with Crippen molar-refractivity contribution in [1.29, 1.82) is 5.26 Å². The molecule has 2 N–H and O–H groups in total. The molecular formula is C13H13NO5. The predicted octanol–water partition coefficient (Wildman–Crippen LogP) is -0.144. The monoisotopic (exact) mass is 263 g/mol. The van der Waals surface area contributed by atoms with Crippen LogP contribution in [0.1, 0.15) is 10.4 Å². The molecule has 0 aliphatic carbocycles. The van der Waals surface area contributed by atoms with Crippen LogP contribution >= 0.6 is 0 Å². The standard InChI is InChI=1S/C13H13NO5/c14-6-9-11(15)12(16)10(19-9)7-18-13(17)8-4-2-1-3-5-8/h1-5,9-12,15-16H,7H2/t9-,10+,11+,12-/m0/s1. The first-order valence-corrected chi connectivity index (χ1v) is 5.77. The molecule has 100 valence electrons. The Labute approximate surface area is 109 Å². The second-order valence-corrected chi connectivity index (χ2v) is 4.17. The van der Waals surface area contributed by atoms with E-state index in [0.717, 1.165) is 0 Å². The summed E-state index contributed by atoms with van der Waals surface area (Å²) in [5.41, 5.74) is 0.382. The van der Waals surface area contributed by atoms with Crippen molar-refractivity contribution in [2.75, 3.05) is 6.61 Å². The fraction of sp³-hybridized carbons (Fsp3) is 0.385. The summed E-state index contributed by atoms with van der Waals surface area (Å²) in [6.07, 6.45) is -4.53. The number of carbonyl (C=O) groups excluding carboxylic acids is 1. The Morgan fingerprint density at radius 1 is 1.32 bits per heavy atom. The fourth-order valence-corrected chi connectivity index (χ4v) is 1.81. The molecule has 1 saturated heterocycles. The lowest BCUT2D eigenvalue weighted by Crippen LogP contribution is -2.34. The van der Waals surface area contributed by atoms with Gasteiger partial charge in [-0.25, -0.2) is 4.79 Å². The maximum Gasteiger partial charge on any atom is 0.338 e. The molecule has 6 heteroatoms. The average Bonchev–Trinajstić information content (AvgIpc) is 2.73. The molecule has 1 aromatic carbocycles. The molecule has 19 heavy (non-hydrogen) atoms. The summed E-state index contributed by atoms with van der Waals surface area (Å²) in [6.45, 7) is -0.218. The Bertz CT molecular complexity index is 484. The van der Waals surface area contributed by atoms with Crippen molar-refractivity contribution in [3.8, 4) is 6.07 Å². The van der Waals surface area contributed by atoms with Crippen LogP contribution in [0, 0.1) is 11.3 Å². The van der Waals surface area contributed by atoms with E-state index in [1.165, 1.54) is 0 Å². The van der Waals surface area contributed by atoms with Crippen molar-refractivity contribution < 1.29 is 24.5 Å². The number of hydrogen-bond acceptors (Lipinski definition) is 6. The quantitative estimate of drug-likeness (QED) is 0.736. The SMILES string of the molecule is N#C[C@@H]1O[C@H](COC(=O)c2ccccc2)[C@H](O)[C@@H]1O. The van der Waals surface area contributed by atoms with Crippen LogP contribution in [0.3, 0.4) is 0 Å². The highest BCUT2D eigenvalue weighted by molar-refractivity contribution is 5.89. The van der Waals surface area contributed by atoms with Gasteiger partial charge in [0.25, 0.3) is 0 Å². The molecule has 0 radical (unpaired) electrons. The van der Waals surface area contributed by atoms with Gasteiger partial charge in [0.1, 0.15) is 24.9 Å². The fourth-order valence-electron chi connectivity index (χ4n) is 1.81. The van der Waals surface area contributed by atoms with E-state index in [-0.39, 0.29) is 6.61 Å². The van der Waals surface area contributed by atoms with E-state index in [9.17, 15) is 15.0 Å². The van der Waals surface area contributed by atoms with Crippen molar-refractivity contribution in [2.24, 2.45) is 0 Å². The van der Waals surface area contributed by atoms with Crippen LogP contribution < -0.4 is 0 Å². The lowest BCUT2D eigenvalue weighted by molar-refractivity contribution is -0.0253. The van der Waals surface area contributed by atoms with Crippen molar-refractivity contribution in [3.63, 3.8) is 0 Å². The van der Waals surface area contributed by atoms with Gasteiger partial charge in [0.15, 0.2) is 6.10 Å². The molecule has 1 aromatic rings. The third-order valence-electron chi connectivity index (χ3n) is 2.88. The first-order valence-electron chi connectivity index (χ1n) is 5.77. The van der Waals surface area contributed by atoms with Gasteiger partial charge in [-0.2, -0.15) is 5.26 Å². The first-order chi connectivity index (χ1) is 9.13. The highest BCUT2D eigenvalue weighted by Crippen LogP contribution is 2.21. The van der Waals surface area contributed by atoms with Gasteiger partial charge in [0.05, 0.1) is 11.6 Å². The van der Waals surface area contributed by atoms with E-state index >= 15 is 0 Å². The Morgan fingerprint density at radius 3 is 2.58 bits per heavy atom. The summed E-state index contributed by atoms with van der Waals surface area (Å²) >= 11 is 0. The van der Waals surface area contributed by atoms with Crippen LogP contribution in [-0.4, -0.2) is 47.2 Å². The Kier molecular flexibility index (Phi) is 4.12. The molecule has 2 rings (SSSR count). The summed E-state index contributed by atoms with van der Waals surface area (Å²) < 4.78 is 10.1. The minimum atomic E-state index is -1.29. The maximum absolute atomic E-state index is 11.7. The Balaban J connectivity index is 1.90. The van der Waals surface area contributed by atoms with Gasteiger partial charge in [-0.3, -0.25) is 0 Å². The lowest BCUT2D eigenvalue weighted by Gasteiger charge is -2.14. The number of ether oxygens (including phenoxy) is 2. The van der Waals surface area contributed by atoms with E-state index in [4.69, 9.17) is 14.7 Å². The van der Waals surface area contributed by atoms with Gasteiger partial charge >= 0.3 is 5.97 Å². The number of aliphatic hydroxyl groups is 2. The zero-order chi connectivity index (χ0) is 13.8. The largest absolute Gasteiger partial charge is 0.459 e. The number of carbonyl (C=O) groups is 1. The van der Waals surface area contributed by atoms with E-state index in [1.54, 1.807) is 36.4 Å². The molecule has 0 unspecified atom stereocenters. The predicted molar refractivity (Wildman–Crippen MR) is 63.0 cm³/mol. The minimum absolute atomic E-state index is 0.218. The van der Waals surface area contributed by atoms with Crippen LogP contribution in [0.4, 0.5) is 0 Å². The van der Waals surface area contributed by atoms with E-state index in [2.05, 4.69) is 0 Å². The second-order valence-electron chi connectivity index (χ2n) is 4.17. The molecule has 4 atom stereocenters. The highest BCUT2D eigenvalue weighted by Gasteiger charge is 2.43. The third kappa shape index (κ3) is 2.90. The minimum Gasteiger partial charge on any atom is -0.459 e. The van der Waals surface area contributed by atoms with Gasteiger partial charge in [0, 0.05) is 0 Å². The van der Waals surface area contributed by atoms with Crippen LogP contribution in [0.2, 0.25) is 0 Å². The third-order valence-corrected chi connectivity index (χ3v) is 2.88. The zero-order valence-electron chi connectivity index (χ0n) is 9.97. The second kappa shape index (κ2) is 5.80. The molecule has 0 aromatic heterocycles. The molecule has 6 nitrogen and oxygen atoms in total. The summed E-state index contributed by atoms with van der Waals surface area (Å²) in [7, 11) is 0. The van der Waals surface area contributed by atoms with Crippen molar-refractivity contribution in [2.45, 2.75) is 24.4 Å². The van der Waals surface area contributed by atoms with E-state index < -0.39 is 30.4 Å². The van der Waals surface area contributed by atoms with Crippen molar-refractivity contribution >= 4 is 5.97 Å². The molecule has 1 fully saturated rings. The van der Waals surface area contributed by atoms with Crippen molar-refractivity contribution in [3.05, 3.63) is 35.9 Å². The molecule has 0 spiro atoms. The zero-order valence-corrected chi connectivity index (χ0v) is 9.97. The van der Waals surface area contributed by atoms with Gasteiger partial charge in [-0.05, 0) is 12.1 Å². The normalized spacial score (nSPS) is 29.7. The number of esters is 1. The molecule has 1 aliphatic heterocycles. The van der Waals surface area contributed by atoms with Gasteiger partial charge < -0.3 is 19.7 Å². The number of nitriles is 1. The molecule has 0 saturated carbocycles. The van der Waals surface area contributed by atoms with Crippen molar-refractivity contribution in [1.82, 2.24) is 0 Å². The van der Waals surface area contributed by atoms with Gasteiger partial charge in [0.2, 0.25) is 0 Å². The van der Waals surface area contributed by atoms with Crippen LogP contribution in [0.25, 0.3) is 0 Å². The summed E-state index contributed by atoms with van der Waals surface area (Å²) in [5, 5.41) is 27.8. The summed E-state index contributed by atoms with van der Waals surface area (Å²) in [4.78, 5) is 11.7. The Morgan fingerprint density at radius 2 is 2.00 bits per heavy atom. The van der Waals surface area contributed by atoms with Gasteiger partial charge in [-0.15, -0.1) is 0 Å². The van der Waals surface area contributed by atoms with Crippen LogP contribution in [-0.2, 0) is 9.47 Å². The number of benzene rings is 1. The number of hydrogen-bond donors (Lipinski definition) is 2. The first kappa shape index (κ1) is 13.5. The summed E-state index contributed by atoms with van der Waals surface area (Å²) in [5.74, 6) is -0.550. The molecule has 1 heterocycles. The lowest BCUT2D eigenvalue weighted by atomic mass is 10.1. The van der Waals surface area contributed by atoms with E-state index in [1.807, 2.05) is 0 Å². The highest BCUT2D eigenvalue weighted by atomic mass is 16.6. The molecule has 1 aliphatic rings. The topological polar surface area (TPSA) is 99.8 Å². The number of aliphatic hydroxyl groups excluding tert-OH is 2. The number of rotatable bonds is 3. The molecular weight excluding hydrogens is 250 g/mol. The molecule has 0 amide bonds. The Hall–Kier alpha value is -1.94. The number of nitrogens with zero attached hydrogens (tertiary/aromatic N) is 1. The van der Waals surface area contributed by atoms with E-state index in [0.29, 0.717) is 5.56 Å². The smallest absolute Gasteiger partial charge is 0.338 e. The maximum atomic E-state index is 11.7. The average molecular weight is 263 g/mol. The van der Waals surface area contributed by atoms with Gasteiger partial charge in [-0.1, -0.05) is 18.2 Å². The molecule has 0 bridgehead atoms.